The molecule has 2 aromatic rings. The van der Waals surface area contributed by atoms with Crippen LogP contribution in [0.15, 0.2) is 54.6 Å². The van der Waals surface area contributed by atoms with E-state index in [1.807, 2.05) is 0 Å². The van der Waals surface area contributed by atoms with Gasteiger partial charge in [0.2, 0.25) is 8.32 Å². The lowest BCUT2D eigenvalue weighted by Crippen LogP contribution is -2.56. The Balaban J connectivity index is 2.00. The largest absolute Gasteiger partial charge is 0.412 e. The highest BCUT2D eigenvalue weighted by molar-refractivity contribution is 6.86. The highest BCUT2D eigenvalue weighted by Crippen LogP contribution is 2.27. The molecular weight excluding hydrogens is 296 g/mol. The fourth-order valence-corrected chi connectivity index (χ4v) is 8.10. The van der Waals surface area contributed by atoms with Crippen LogP contribution in [0, 0.1) is 0 Å². The lowest BCUT2D eigenvalue weighted by Gasteiger charge is -2.37. The number of hydrogen-bond donors (Lipinski definition) is 0. The Labute approximate surface area is 133 Å². The minimum Gasteiger partial charge on any atom is -0.412 e. The quantitative estimate of drug-likeness (QED) is 0.607. The molecule has 1 unspecified atom stereocenters. The van der Waals surface area contributed by atoms with Crippen LogP contribution in [0.5, 0.6) is 0 Å². The Morgan fingerprint density at radius 3 is 2.43 bits per heavy atom. The summed E-state index contributed by atoms with van der Waals surface area (Å²) in [5, 5.41) is 1.41. The molecule has 1 aliphatic rings. The molecule has 0 aliphatic carbocycles. The summed E-state index contributed by atoms with van der Waals surface area (Å²) in [7, 11) is -1.95. The molecule has 21 heavy (non-hydrogen) atoms. The van der Waals surface area contributed by atoms with Crippen LogP contribution in [0.2, 0.25) is 6.04 Å². The van der Waals surface area contributed by atoms with E-state index in [0.29, 0.717) is 5.88 Å². The van der Waals surface area contributed by atoms with Crippen LogP contribution in [0.4, 0.5) is 0 Å². The molecule has 0 amide bonds. The second kappa shape index (κ2) is 6.78. The van der Waals surface area contributed by atoms with Gasteiger partial charge in [-0.3, -0.25) is 0 Å². The average molecular weight is 317 g/mol. The van der Waals surface area contributed by atoms with E-state index in [-0.39, 0.29) is 0 Å². The number of benzene rings is 2. The van der Waals surface area contributed by atoms with Gasteiger partial charge in [-0.25, -0.2) is 0 Å². The van der Waals surface area contributed by atoms with Gasteiger partial charge in [0, 0.05) is 12.5 Å². The fraction of sp³-hybridized carbons (Fsp3) is 0.333. The topological polar surface area (TPSA) is 9.23 Å². The summed E-state index contributed by atoms with van der Waals surface area (Å²) in [6.45, 7) is 0.898. The molecule has 1 aliphatic heterocycles. The predicted octanol–water partition coefficient (Wildman–Crippen LogP) is 4.17. The van der Waals surface area contributed by atoms with E-state index in [1.165, 1.54) is 35.2 Å². The molecule has 0 radical (unpaired) electrons. The van der Waals surface area contributed by atoms with Crippen molar-refractivity contribution in [3.05, 3.63) is 65.7 Å². The normalized spacial score (nSPS) is 22.1. The first-order valence-corrected chi connectivity index (χ1v) is 10.5. The van der Waals surface area contributed by atoms with Gasteiger partial charge in [-0.1, -0.05) is 61.0 Å². The summed E-state index contributed by atoms with van der Waals surface area (Å²) in [5.74, 6) is 0.572. The van der Waals surface area contributed by atoms with Crippen molar-refractivity contribution in [2.45, 2.75) is 30.8 Å². The van der Waals surface area contributed by atoms with Crippen molar-refractivity contribution in [2.75, 3.05) is 6.61 Å². The Morgan fingerprint density at radius 1 is 0.952 bits per heavy atom. The van der Waals surface area contributed by atoms with E-state index >= 15 is 0 Å². The van der Waals surface area contributed by atoms with E-state index in [0.717, 1.165) is 12.7 Å². The van der Waals surface area contributed by atoms with Crippen molar-refractivity contribution in [3.63, 3.8) is 0 Å². The Hall–Kier alpha value is -1.09. The summed E-state index contributed by atoms with van der Waals surface area (Å²) in [4.78, 5) is 0. The zero-order valence-electron chi connectivity index (χ0n) is 12.2. The maximum absolute atomic E-state index is 6.48. The molecule has 3 heteroatoms. The van der Waals surface area contributed by atoms with Crippen LogP contribution < -0.4 is 5.19 Å². The van der Waals surface area contributed by atoms with Crippen molar-refractivity contribution < 1.29 is 4.43 Å². The van der Waals surface area contributed by atoms with Crippen LogP contribution in [-0.2, 0) is 16.4 Å². The third-order valence-electron chi connectivity index (χ3n) is 4.34. The molecule has 0 saturated carbocycles. The monoisotopic (exact) mass is 316 g/mol. The van der Waals surface area contributed by atoms with Crippen LogP contribution in [0.1, 0.15) is 24.0 Å². The third kappa shape index (κ3) is 3.23. The molecule has 3 rings (SSSR count). The fourth-order valence-electron chi connectivity index (χ4n) is 3.31. The summed E-state index contributed by atoms with van der Waals surface area (Å²) < 4.78 is 6.48. The summed E-state index contributed by atoms with van der Waals surface area (Å²) in [5.41, 5.74) is 2.64. The predicted molar refractivity (Wildman–Crippen MR) is 91.5 cm³/mol. The van der Waals surface area contributed by atoms with Gasteiger partial charge >= 0.3 is 0 Å². The minimum atomic E-state index is -1.95. The number of alkyl halides is 1. The van der Waals surface area contributed by atoms with E-state index in [4.69, 9.17) is 16.0 Å². The Morgan fingerprint density at radius 2 is 1.71 bits per heavy atom. The van der Waals surface area contributed by atoms with Crippen molar-refractivity contribution >= 4 is 25.1 Å². The zero-order chi connectivity index (χ0) is 14.5. The van der Waals surface area contributed by atoms with Gasteiger partial charge in [0.25, 0.3) is 0 Å². The molecule has 0 N–H and O–H groups in total. The summed E-state index contributed by atoms with van der Waals surface area (Å²) in [6, 6.07) is 21.6. The third-order valence-corrected chi connectivity index (χ3v) is 8.99. The first-order chi connectivity index (χ1) is 10.3. The van der Waals surface area contributed by atoms with Crippen LogP contribution in [0.25, 0.3) is 0 Å². The van der Waals surface area contributed by atoms with E-state index < -0.39 is 8.32 Å². The Kier molecular flexibility index (Phi) is 4.79. The highest BCUT2D eigenvalue weighted by atomic mass is 35.5. The Bertz CT molecular complexity index is 579. The second-order valence-electron chi connectivity index (χ2n) is 5.75. The van der Waals surface area contributed by atoms with E-state index in [9.17, 15) is 0 Å². The van der Waals surface area contributed by atoms with Gasteiger partial charge in [0.1, 0.15) is 0 Å². The first kappa shape index (κ1) is 14.8. The van der Waals surface area contributed by atoms with Gasteiger partial charge in [0.15, 0.2) is 0 Å². The van der Waals surface area contributed by atoms with E-state index in [1.54, 1.807) is 0 Å². The molecule has 1 saturated heterocycles. The molecule has 1 atom stereocenters. The molecule has 0 aromatic heterocycles. The molecule has 1 fully saturated rings. The van der Waals surface area contributed by atoms with Crippen LogP contribution in [0.3, 0.4) is 0 Å². The van der Waals surface area contributed by atoms with Crippen molar-refractivity contribution in [3.8, 4) is 0 Å². The summed E-state index contributed by atoms with van der Waals surface area (Å²) in [6.07, 6.45) is 2.46. The van der Waals surface area contributed by atoms with Crippen molar-refractivity contribution in [1.82, 2.24) is 0 Å². The molecule has 0 bridgehead atoms. The van der Waals surface area contributed by atoms with E-state index in [2.05, 4.69) is 54.6 Å². The van der Waals surface area contributed by atoms with Gasteiger partial charge in [0.05, 0.1) is 0 Å². The molecular formula is C18H21ClOSi. The number of rotatable bonds is 4. The van der Waals surface area contributed by atoms with Gasteiger partial charge in [-0.05, 0) is 34.8 Å². The number of halogens is 1. The number of hydrogen-bond acceptors (Lipinski definition) is 1. The van der Waals surface area contributed by atoms with Crippen LogP contribution in [-0.4, -0.2) is 14.9 Å². The maximum Gasteiger partial charge on any atom is 0.228 e. The van der Waals surface area contributed by atoms with Gasteiger partial charge in [-0.2, -0.15) is 0 Å². The molecule has 2 aromatic carbocycles. The van der Waals surface area contributed by atoms with Crippen molar-refractivity contribution in [2.24, 2.45) is 0 Å². The lowest BCUT2D eigenvalue weighted by atomic mass is 10.2. The van der Waals surface area contributed by atoms with Crippen molar-refractivity contribution in [1.29, 1.82) is 0 Å². The molecule has 110 valence electrons. The zero-order valence-corrected chi connectivity index (χ0v) is 14.0. The molecule has 1 nitrogen and oxygen atoms in total. The standard InChI is InChI=1S/C18H21ClOSi/c19-14-17-10-4-5-11-18(17)21(13-7-6-12-20-21)15-16-8-2-1-3-9-16/h1-5,8-11H,6-7,12-15H2. The molecule has 1 heterocycles. The summed E-state index contributed by atoms with van der Waals surface area (Å²) >= 11 is 6.18. The SMILES string of the molecule is ClCc1ccccc1[Si]1(Cc2ccccc2)CCCCO1. The van der Waals surface area contributed by atoms with Gasteiger partial charge in [-0.15, -0.1) is 11.6 Å². The minimum absolute atomic E-state index is 0.572. The second-order valence-corrected chi connectivity index (χ2v) is 9.69. The highest BCUT2D eigenvalue weighted by Gasteiger charge is 2.40. The molecule has 0 spiro atoms. The lowest BCUT2D eigenvalue weighted by molar-refractivity contribution is 0.274. The average Bonchev–Trinajstić information content (AvgIpc) is 2.56. The first-order valence-electron chi connectivity index (χ1n) is 7.66. The smallest absolute Gasteiger partial charge is 0.228 e. The van der Waals surface area contributed by atoms with Crippen LogP contribution >= 0.6 is 11.6 Å². The van der Waals surface area contributed by atoms with Gasteiger partial charge < -0.3 is 4.43 Å². The maximum atomic E-state index is 6.48.